The molecule has 1 saturated carbocycles. The Morgan fingerprint density at radius 1 is 0.892 bits per heavy atom. The molecule has 9 N–H and O–H groups in total. The van der Waals surface area contributed by atoms with E-state index in [2.05, 4.69) is 0 Å². The number of carbonyl (C=O) groups is 1. The highest BCUT2D eigenvalue weighted by molar-refractivity contribution is 5.87. The number of carboxylic acid groups (broad SMARTS) is 1. The summed E-state index contributed by atoms with van der Waals surface area (Å²) in [5, 5.41) is 90.3. The fourth-order valence-corrected chi connectivity index (χ4v) is 5.37. The summed E-state index contributed by atoms with van der Waals surface area (Å²) >= 11 is 0. The van der Waals surface area contributed by atoms with E-state index in [0.717, 1.165) is 6.26 Å². The highest BCUT2D eigenvalue weighted by Gasteiger charge is 2.53. The Bertz CT molecular complexity index is 837. The molecule has 15 nitrogen and oxygen atoms in total. The normalized spacial score (nSPS) is 50.2. The van der Waals surface area contributed by atoms with Crippen LogP contribution in [0.5, 0.6) is 0 Å². The summed E-state index contributed by atoms with van der Waals surface area (Å²) in [5.74, 6) is -2.84. The van der Waals surface area contributed by atoms with Crippen LogP contribution in [-0.2, 0) is 28.5 Å². The second-order valence-electron chi connectivity index (χ2n) is 9.91. The number of fused-ring (bicyclic) bond motifs is 1. The monoisotopic (exact) mass is 538 g/mol. The second kappa shape index (κ2) is 11.3. The first-order chi connectivity index (χ1) is 17.5. The van der Waals surface area contributed by atoms with Crippen molar-refractivity contribution in [3.05, 3.63) is 11.8 Å². The zero-order chi connectivity index (χ0) is 27.2. The van der Waals surface area contributed by atoms with E-state index >= 15 is 0 Å². The van der Waals surface area contributed by atoms with Crippen molar-refractivity contribution in [2.45, 2.75) is 87.2 Å². The number of ether oxygens (including phenoxy) is 5. The van der Waals surface area contributed by atoms with Gasteiger partial charge >= 0.3 is 5.97 Å². The summed E-state index contributed by atoms with van der Waals surface area (Å²) in [5.41, 5.74) is -0.0281. The molecule has 0 aromatic rings. The van der Waals surface area contributed by atoms with Gasteiger partial charge in [-0.05, 0) is 12.3 Å². The summed E-state index contributed by atoms with van der Waals surface area (Å²) < 4.78 is 27.5. The highest BCUT2D eigenvalue weighted by Crippen LogP contribution is 2.47. The molecule has 0 spiro atoms. The maximum atomic E-state index is 11.6. The van der Waals surface area contributed by atoms with Gasteiger partial charge < -0.3 is 69.6 Å². The minimum atomic E-state index is -1.77. The van der Waals surface area contributed by atoms with Crippen molar-refractivity contribution in [1.82, 2.24) is 0 Å². The zero-order valence-electron chi connectivity index (χ0n) is 19.8. The van der Waals surface area contributed by atoms with Crippen LogP contribution in [0, 0.1) is 17.8 Å². The molecule has 212 valence electrons. The predicted octanol–water partition coefficient (Wildman–Crippen LogP) is -4.41. The van der Waals surface area contributed by atoms with Gasteiger partial charge in [0.15, 0.2) is 12.6 Å². The number of aliphatic hydroxyl groups excluding tert-OH is 8. The lowest BCUT2D eigenvalue weighted by Gasteiger charge is -2.44. The fraction of sp³-hybridized carbons (Fsp3) is 0.864. The molecule has 0 radical (unpaired) electrons. The van der Waals surface area contributed by atoms with E-state index in [0.29, 0.717) is 0 Å². The number of aliphatic hydroxyl groups is 8. The van der Waals surface area contributed by atoms with E-state index in [-0.39, 0.29) is 12.0 Å². The molecule has 0 aromatic carbocycles. The third-order valence-corrected chi connectivity index (χ3v) is 7.67. The second-order valence-corrected chi connectivity index (χ2v) is 9.91. The molecule has 0 amide bonds. The third kappa shape index (κ3) is 5.36. The van der Waals surface area contributed by atoms with Gasteiger partial charge in [-0.15, -0.1) is 0 Å². The maximum absolute atomic E-state index is 11.6. The van der Waals surface area contributed by atoms with Crippen molar-refractivity contribution in [3.63, 3.8) is 0 Å². The molecule has 3 fully saturated rings. The quantitative estimate of drug-likeness (QED) is 0.148. The van der Waals surface area contributed by atoms with Crippen LogP contribution in [-0.4, -0.2) is 139 Å². The Morgan fingerprint density at radius 3 is 2.11 bits per heavy atom. The standard InChI is InChI=1S/C22H34O15/c1-6-9(24)2-7-8(19(31)32)4-33-20(12(6)7)37-22-18(30)16(28)14(26)11(36-22)5-34-21-17(29)15(27)13(25)10(3-23)35-21/h4,6-7,9-18,20-30H,2-3,5H2,1H3,(H,31,32)/t6-,7-,9-,10-,11-,12-,13-,14-,15+,16+,17-,18-,20-,21-,22+/m1/s1. The predicted molar refractivity (Wildman–Crippen MR) is 115 cm³/mol. The first-order valence-corrected chi connectivity index (χ1v) is 12.0. The van der Waals surface area contributed by atoms with Crippen molar-refractivity contribution < 1.29 is 74.4 Å². The summed E-state index contributed by atoms with van der Waals surface area (Å²) in [4.78, 5) is 11.6. The summed E-state index contributed by atoms with van der Waals surface area (Å²) in [6, 6.07) is 0. The highest BCUT2D eigenvalue weighted by atomic mass is 16.8. The molecule has 15 atom stereocenters. The number of aliphatic carboxylic acids is 1. The minimum absolute atomic E-state index is 0.0281. The van der Waals surface area contributed by atoms with Gasteiger partial charge in [0.1, 0.15) is 48.8 Å². The first kappa shape index (κ1) is 28.5. The van der Waals surface area contributed by atoms with Gasteiger partial charge in [0.25, 0.3) is 0 Å². The van der Waals surface area contributed by atoms with Gasteiger partial charge in [-0.2, -0.15) is 0 Å². The summed E-state index contributed by atoms with van der Waals surface area (Å²) in [6.07, 6.45) is -16.7. The molecule has 1 aliphatic carbocycles. The number of hydrogen-bond acceptors (Lipinski definition) is 14. The third-order valence-electron chi connectivity index (χ3n) is 7.67. The molecule has 0 unspecified atom stereocenters. The Morgan fingerprint density at radius 2 is 1.49 bits per heavy atom. The lowest BCUT2D eigenvalue weighted by molar-refractivity contribution is -0.354. The van der Waals surface area contributed by atoms with E-state index in [4.69, 9.17) is 23.7 Å². The van der Waals surface area contributed by atoms with Crippen molar-refractivity contribution in [2.75, 3.05) is 13.2 Å². The van der Waals surface area contributed by atoms with Crippen molar-refractivity contribution in [1.29, 1.82) is 0 Å². The Hall–Kier alpha value is -1.47. The number of carboxylic acids is 1. The van der Waals surface area contributed by atoms with Crippen LogP contribution in [0.25, 0.3) is 0 Å². The average Bonchev–Trinajstić information content (AvgIpc) is 3.17. The zero-order valence-corrected chi connectivity index (χ0v) is 19.8. The van der Waals surface area contributed by atoms with Crippen LogP contribution in [0.4, 0.5) is 0 Å². The maximum Gasteiger partial charge on any atom is 0.334 e. The van der Waals surface area contributed by atoms with Crippen LogP contribution in [0.1, 0.15) is 13.3 Å². The molecule has 0 aromatic heterocycles. The van der Waals surface area contributed by atoms with E-state index in [1.807, 2.05) is 0 Å². The SMILES string of the molecule is C[C@H]1[C@H]2[C@@H](O[C@@H]3O[C@H](CO[C@@H]4O[C@H](CO)[C@@H](O)[C@H](O)[C@H]4O)[C@@H](O)[C@H](O)[C@H]3O)OC=C(C(=O)O)[C@H]2C[C@H]1O. The molecule has 2 saturated heterocycles. The van der Waals surface area contributed by atoms with Gasteiger partial charge in [0, 0.05) is 11.8 Å². The summed E-state index contributed by atoms with van der Waals surface area (Å²) in [6.45, 7) is 0.486. The lowest BCUT2D eigenvalue weighted by Crippen LogP contribution is -2.62. The molecule has 3 heterocycles. The van der Waals surface area contributed by atoms with Crippen LogP contribution in [0.2, 0.25) is 0 Å². The van der Waals surface area contributed by atoms with Crippen molar-refractivity contribution in [2.24, 2.45) is 17.8 Å². The molecule has 0 bridgehead atoms. The smallest absolute Gasteiger partial charge is 0.334 e. The van der Waals surface area contributed by atoms with E-state index in [1.54, 1.807) is 6.92 Å². The summed E-state index contributed by atoms with van der Waals surface area (Å²) in [7, 11) is 0. The van der Waals surface area contributed by atoms with Crippen molar-refractivity contribution in [3.8, 4) is 0 Å². The molecule has 37 heavy (non-hydrogen) atoms. The van der Waals surface area contributed by atoms with Gasteiger partial charge in [-0.25, -0.2) is 4.79 Å². The van der Waals surface area contributed by atoms with Gasteiger partial charge in [0.2, 0.25) is 6.29 Å². The van der Waals surface area contributed by atoms with E-state index < -0.39 is 111 Å². The lowest BCUT2D eigenvalue weighted by atomic mass is 9.83. The van der Waals surface area contributed by atoms with Gasteiger partial charge in [-0.3, -0.25) is 0 Å². The van der Waals surface area contributed by atoms with Gasteiger partial charge in [0.05, 0.1) is 31.2 Å². The van der Waals surface area contributed by atoms with Crippen LogP contribution >= 0.6 is 0 Å². The van der Waals surface area contributed by atoms with Crippen LogP contribution in [0.15, 0.2) is 11.8 Å². The molecule has 3 aliphatic heterocycles. The molecular formula is C22H34O15. The number of rotatable bonds is 7. The van der Waals surface area contributed by atoms with Crippen LogP contribution < -0.4 is 0 Å². The van der Waals surface area contributed by atoms with Gasteiger partial charge in [-0.1, -0.05) is 6.92 Å². The Kier molecular flexibility index (Phi) is 8.74. The Balaban J connectivity index is 1.44. The topological polar surface area (TPSA) is 245 Å². The average molecular weight is 538 g/mol. The van der Waals surface area contributed by atoms with E-state index in [1.165, 1.54) is 0 Å². The molecule has 4 aliphatic rings. The Labute approximate surface area is 211 Å². The largest absolute Gasteiger partial charge is 0.478 e. The van der Waals surface area contributed by atoms with E-state index in [9.17, 15) is 50.8 Å². The van der Waals surface area contributed by atoms with Crippen molar-refractivity contribution >= 4 is 5.97 Å². The minimum Gasteiger partial charge on any atom is -0.478 e. The molecule has 4 rings (SSSR count). The fourth-order valence-electron chi connectivity index (χ4n) is 5.37. The van der Waals surface area contributed by atoms with Crippen LogP contribution in [0.3, 0.4) is 0 Å². The molecule has 15 heteroatoms. The number of hydrogen-bond donors (Lipinski definition) is 9. The first-order valence-electron chi connectivity index (χ1n) is 12.0. The molecular weight excluding hydrogens is 504 g/mol.